The molecular weight excluding hydrogens is 121 g/mol. The summed E-state index contributed by atoms with van der Waals surface area (Å²) in [6.45, 7) is 3.53. The fourth-order valence-corrected chi connectivity index (χ4v) is 0. The van der Waals surface area contributed by atoms with Gasteiger partial charge in [-0.15, -0.1) is 0 Å². The zero-order chi connectivity index (χ0) is 7.86. The topological polar surface area (TPSA) is 83.6 Å². The average molecular weight is 132 g/mol. The number of hydrogen-bond donors (Lipinski definition) is 3. The van der Waals surface area contributed by atoms with E-state index < -0.39 is 0 Å². The van der Waals surface area contributed by atoms with Gasteiger partial charge in [-0.3, -0.25) is 4.79 Å². The van der Waals surface area contributed by atoms with Gasteiger partial charge >= 0.3 is 7.69 Å². The van der Waals surface area contributed by atoms with Crippen molar-refractivity contribution in [3.63, 3.8) is 0 Å². The summed E-state index contributed by atoms with van der Waals surface area (Å²) in [5.74, 6) is -0.250. The minimum absolute atomic E-state index is 0. The van der Waals surface area contributed by atoms with E-state index in [1.165, 1.54) is 0 Å². The molecule has 1 amide bonds. The quantitative estimate of drug-likeness (QED) is 0.385. The third-order valence-corrected chi connectivity index (χ3v) is 0.569. The van der Waals surface area contributed by atoms with Crippen LogP contribution in [0, 0.1) is 5.92 Å². The highest BCUT2D eigenvalue weighted by Crippen LogP contribution is 1.84. The highest BCUT2D eigenvalue weighted by atomic mass is 16.4. The first-order chi connectivity index (χ1) is 4.06. The van der Waals surface area contributed by atoms with Gasteiger partial charge in [0, 0.05) is 5.92 Å². The SMILES string of the molecule is CC(C)C(N)=O.O[B]O. The second-order valence-corrected chi connectivity index (χ2v) is 1.67. The first kappa shape index (κ1) is 11.3. The Balaban J connectivity index is 0. The van der Waals surface area contributed by atoms with Crippen LogP contribution in [0.3, 0.4) is 0 Å². The Hall–Kier alpha value is -0.545. The Labute approximate surface area is 55.0 Å². The minimum Gasteiger partial charge on any atom is -0.429 e. The molecule has 5 heteroatoms. The maximum absolute atomic E-state index is 9.92. The summed E-state index contributed by atoms with van der Waals surface area (Å²) < 4.78 is 0. The lowest BCUT2D eigenvalue weighted by molar-refractivity contribution is -0.120. The normalized spacial score (nSPS) is 7.67. The molecule has 0 aliphatic carbocycles. The number of carbonyl (C=O) groups excluding carboxylic acids is 1. The molecule has 0 atom stereocenters. The van der Waals surface area contributed by atoms with Crippen LogP contribution < -0.4 is 5.73 Å². The summed E-state index contributed by atoms with van der Waals surface area (Å²) in [4.78, 5) is 9.92. The van der Waals surface area contributed by atoms with Crippen molar-refractivity contribution in [3.05, 3.63) is 0 Å². The third-order valence-electron chi connectivity index (χ3n) is 0.569. The molecule has 53 valence electrons. The summed E-state index contributed by atoms with van der Waals surface area (Å²) in [7, 11) is 0. The van der Waals surface area contributed by atoms with Crippen molar-refractivity contribution in [2.24, 2.45) is 11.7 Å². The number of hydrogen-bond acceptors (Lipinski definition) is 3. The molecule has 0 aromatic heterocycles. The molecule has 0 aliphatic heterocycles. The standard InChI is InChI=1S/C4H9NO.BH2O2/c1-3(2)4(5)6;2-1-3/h3H,1-2H3,(H2,5,6);2-3H. The first-order valence-electron chi connectivity index (χ1n) is 2.45. The van der Waals surface area contributed by atoms with Gasteiger partial charge in [-0.05, 0) is 0 Å². The highest BCUT2D eigenvalue weighted by molar-refractivity contribution is 6.13. The van der Waals surface area contributed by atoms with Gasteiger partial charge in [-0.2, -0.15) is 0 Å². The Morgan fingerprint density at radius 2 is 1.67 bits per heavy atom. The van der Waals surface area contributed by atoms with Crippen molar-refractivity contribution in [1.29, 1.82) is 0 Å². The van der Waals surface area contributed by atoms with Crippen LogP contribution in [-0.4, -0.2) is 23.6 Å². The van der Waals surface area contributed by atoms with E-state index in [1.807, 2.05) is 0 Å². The molecule has 0 saturated carbocycles. The molecule has 0 bridgehead atoms. The molecule has 1 radical (unpaired) electrons. The molecule has 0 unspecified atom stereocenters. The smallest absolute Gasteiger partial charge is 0.429 e. The minimum atomic E-state index is -0.241. The predicted octanol–water partition coefficient (Wildman–Crippen LogP) is -1.37. The van der Waals surface area contributed by atoms with Crippen molar-refractivity contribution in [2.75, 3.05) is 0 Å². The third kappa shape index (κ3) is 18.6. The van der Waals surface area contributed by atoms with E-state index in [1.54, 1.807) is 13.8 Å². The van der Waals surface area contributed by atoms with Crippen molar-refractivity contribution in [2.45, 2.75) is 13.8 Å². The van der Waals surface area contributed by atoms with Gasteiger partial charge in [-0.25, -0.2) is 0 Å². The van der Waals surface area contributed by atoms with E-state index in [9.17, 15) is 4.79 Å². The lowest BCUT2D eigenvalue weighted by Crippen LogP contribution is -2.17. The fraction of sp³-hybridized carbons (Fsp3) is 0.750. The zero-order valence-corrected chi connectivity index (χ0v) is 5.53. The molecule has 9 heavy (non-hydrogen) atoms. The van der Waals surface area contributed by atoms with Gasteiger partial charge in [-0.1, -0.05) is 13.8 Å². The van der Waals surface area contributed by atoms with E-state index in [0.717, 1.165) is 0 Å². The summed E-state index contributed by atoms with van der Waals surface area (Å²) in [5.41, 5.74) is 4.80. The molecule has 4 N–H and O–H groups in total. The van der Waals surface area contributed by atoms with Crippen LogP contribution in [0.25, 0.3) is 0 Å². The summed E-state index contributed by atoms with van der Waals surface area (Å²) >= 11 is 0. The molecule has 0 rings (SSSR count). The molecule has 0 aromatic rings. The summed E-state index contributed by atoms with van der Waals surface area (Å²) in [5, 5.41) is 14.0. The predicted molar refractivity (Wildman–Crippen MR) is 34.2 cm³/mol. The average Bonchev–Trinajstić information content (AvgIpc) is 1.68. The van der Waals surface area contributed by atoms with Crippen molar-refractivity contribution < 1.29 is 14.8 Å². The molecule has 0 fully saturated rings. The van der Waals surface area contributed by atoms with Crippen LogP contribution in [0.1, 0.15) is 13.8 Å². The van der Waals surface area contributed by atoms with E-state index in [2.05, 4.69) is 0 Å². The molecule has 0 heterocycles. The molecule has 0 aromatic carbocycles. The Kier molecular flexibility index (Phi) is 9.34. The van der Waals surface area contributed by atoms with Crippen LogP contribution in [-0.2, 0) is 4.79 Å². The molecule has 0 saturated heterocycles. The van der Waals surface area contributed by atoms with E-state index >= 15 is 0 Å². The Morgan fingerprint density at radius 1 is 1.56 bits per heavy atom. The largest absolute Gasteiger partial charge is 0.482 e. The van der Waals surface area contributed by atoms with Crippen molar-refractivity contribution >= 4 is 13.6 Å². The lowest BCUT2D eigenvalue weighted by atomic mass is 10.2. The van der Waals surface area contributed by atoms with Crippen LogP contribution >= 0.6 is 0 Å². The zero-order valence-electron chi connectivity index (χ0n) is 5.53. The van der Waals surface area contributed by atoms with Crippen LogP contribution in [0.4, 0.5) is 0 Å². The van der Waals surface area contributed by atoms with Gasteiger partial charge < -0.3 is 15.8 Å². The van der Waals surface area contributed by atoms with Gasteiger partial charge in [0.25, 0.3) is 0 Å². The van der Waals surface area contributed by atoms with Crippen LogP contribution in [0.15, 0.2) is 0 Å². The maximum atomic E-state index is 9.92. The second kappa shape index (κ2) is 7.45. The van der Waals surface area contributed by atoms with E-state index in [0.29, 0.717) is 0 Å². The first-order valence-corrected chi connectivity index (χ1v) is 2.45. The van der Waals surface area contributed by atoms with Crippen LogP contribution in [0.5, 0.6) is 0 Å². The number of carbonyl (C=O) groups is 1. The second-order valence-electron chi connectivity index (χ2n) is 1.67. The number of rotatable bonds is 1. The Bertz CT molecular complexity index is 76.2. The van der Waals surface area contributed by atoms with Crippen molar-refractivity contribution in [1.82, 2.24) is 0 Å². The van der Waals surface area contributed by atoms with Gasteiger partial charge in [0.1, 0.15) is 0 Å². The fourth-order valence-electron chi connectivity index (χ4n) is 0. The van der Waals surface area contributed by atoms with Crippen LogP contribution in [0.2, 0.25) is 0 Å². The van der Waals surface area contributed by atoms with Gasteiger partial charge in [0.05, 0.1) is 0 Å². The van der Waals surface area contributed by atoms with E-state index in [4.69, 9.17) is 15.8 Å². The Morgan fingerprint density at radius 3 is 1.67 bits per heavy atom. The highest BCUT2D eigenvalue weighted by Gasteiger charge is 1.96. The number of primary amides is 1. The number of amides is 1. The lowest BCUT2D eigenvalue weighted by Gasteiger charge is -1.90. The van der Waals surface area contributed by atoms with Crippen molar-refractivity contribution in [3.8, 4) is 0 Å². The monoisotopic (exact) mass is 132 g/mol. The van der Waals surface area contributed by atoms with Gasteiger partial charge in [0.2, 0.25) is 5.91 Å². The molecular formula is C4H11BNO3. The maximum Gasteiger partial charge on any atom is 0.482 e. The summed E-state index contributed by atoms with van der Waals surface area (Å²) in [6, 6.07) is 0. The van der Waals surface area contributed by atoms with Gasteiger partial charge in [0.15, 0.2) is 0 Å². The molecule has 0 spiro atoms. The molecule has 4 nitrogen and oxygen atoms in total. The molecule has 0 aliphatic rings. The van der Waals surface area contributed by atoms with E-state index in [-0.39, 0.29) is 19.5 Å². The summed E-state index contributed by atoms with van der Waals surface area (Å²) in [6.07, 6.45) is 0. The number of nitrogens with two attached hydrogens (primary N) is 1.